The summed E-state index contributed by atoms with van der Waals surface area (Å²) in [5.41, 5.74) is 0.820. The third-order valence-corrected chi connectivity index (χ3v) is 3.81. The molecule has 1 aromatic heterocycles. The molecular formula is C14H21N3O3. The Labute approximate surface area is 118 Å². The number of nitrogens with zero attached hydrogens (tertiary/aromatic N) is 3. The van der Waals surface area contributed by atoms with Crippen LogP contribution in [0.3, 0.4) is 0 Å². The van der Waals surface area contributed by atoms with Gasteiger partial charge in [-0.15, -0.1) is 0 Å². The van der Waals surface area contributed by atoms with Gasteiger partial charge in [0, 0.05) is 31.3 Å². The summed E-state index contributed by atoms with van der Waals surface area (Å²) in [5, 5.41) is 13.7. The molecule has 1 N–H and O–H groups in total. The number of amides is 1. The number of carbonyl (C=O) groups is 2. The monoisotopic (exact) mass is 279 g/mol. The molecule has 0 saturated carbocycles. The number of likely N-dealkylation sites (tertiary alicyclic amines) is 1. The van der Waals surface area contributed by atoms with E-state index in [1.165, 1.54) is 0 Å². The highest BCUT2D eigenvalue weighted by Crippen LogP contribution is 2.36. The first-order chi connectivity index (χ1) is 9.58. The second kappa shape index (κ2) is 6.07. The average Bonchev–Trinajstić information content (AvgIpc) is 2.89. The number of carboxylic acids is 1. The minimum absolute atomic E-state index is 0.0404. The van der Waals surface area contributed by atoms with Crippen LogP contribution in [0.15, 0.2) is 12.4 Å². The zero-order chi connectivity index (χ0) is 14.7. The number of carboxylic acid groups (broad SMARTS) is 1. The van der Waals surface area contributed by atoms with E-state index >= 15 is 0 Å². The first kappa shape index (κ1) is 14.6. The van der Waals surface area contributed by atoms with Crippen molar-refractivity contribution in [2.24, 2.45) is 5.92 Å². The van der Waals surface area contributed by atoms with Crippen molar-refractivity contribution in [3.8, 4) is 0 Å². The Morgan fingerprint density at radius 2 is 2.25 bits per heavy atom. The van der Waals surface area contributed by atoms with Crippen LogP contribution in [0.1, 0.15) is 44.7 Å². The molecule has 1 saturated heterocycles. The molecule has 2 heterocycles. The maximum atomic E-state index is 12.1. The normalized spacial score (nSPS) is 23.1. The summed E-state index contributed by atoms with van der Waals surface area (Å²) in [4.78, 5) is 25.3. The van der Waals surface area contributed by atoms with Gasteiger partial charge in [-0.05, 0) is 19.8 Å². The number of rotatable bonds is 5. The number of aromatic nitrogens is 2. The minimum Gasteiger partial charge on any atom is -0.481 e. The summed E-state index contributed by atoms with van der Waals surface area (Å²) in [6, 6.07) is -0.394. The number of hydrogen-bond acceptors (Lipinski definition) is 3. The van der Waals surface area contributed by atoms with Crippen molar-refractivity contribution < 1.29 is 14.7 Å². The molecule has 1 aliphatic heterocycles. The molecule has 2 atom stereocenters. The fourth-order valence-electron chi connectivity index (χ4n) is 2.83. The molecule has 110 valence electrons. The first-order valence-electron chi connectivity index (χ1n) is 7.13. The van der Waals surface area contributed by atoms with E-state index in [2.05, 4.69) is 5.10 Å². The zero-order valence-electron chi connectivity index (χ0n) is 12.0. The fourth-order valence-corrected chi connectivity index (χ4v) is 2.83. The molecule has 2 unspecified atom stereocenters. The van der Waals surface area contributed by atoms with Gasteiger partial charge in [0.1, 0.15) is 0 Å². The third-order valence-electron chi connectivity index (χ3n) is 3.81. The Balaban J connectivity index is 2.37. The van der Waals surface area contributed by atoms with Crippen LogP contribution < -0.4 is 0 Å². The molecule has 1 fully saturated rings. The van der Waals surface area contributed by atoms with Crippen LogP contribution in [0.4, 0.5) is 0 Å². The predicted octanol–water partition coefficient (Wildman–Crippen LogP) is 1.68. The lowest BCUT2D eigenvalue weighted by Crippen LogP contribution is -2.45. The van der Waals surface area contributed by atoms with Gasteiger partial charge in [0.15, 0.2) is 0 Å². The van der Waals surface area contributed by atoms with Crippen molar-refractivity contribution >= 4 is 11.9 Å². The highest BCUT2D eigenvalue weighted by atomic mass is 16.4. The van der Waals surface area contributed by atoms with E-state index in [9.17, 15) is 14.7 Å². The molecule has 1 aliphatic rings. The Morgan fingerprint density at radius 3 is 2.80 bits per heavy atom. The average molecular weight is 279 g/mol. The molecule has 0 aromatic carbocycles. The van der Waals surface area contributed by atoms with Gasteiger partial charge in [0.2, 0.25) is 5.91 Å². The van der Waals surface area contributed by atoms with Crippen LogP contribution in [0, 0.1) is 5.92 Å². The van der Waals surface area contributed by atoms with Crippen LogP contribution in [0.25, 0.3) is 0 Å². The molecule has 6 heteroatoms. The van der Waals surface area contributed by atoms with Crippen molar-refractivity contribution in [2.45, 2.75) is 45.7 Å². The van der Waals surface area contributed by atoms with Gasteiger partial charge in [-0.3, -0.25) is 14.3 Å². The largest absolute Gasteiger partial charge is 0.481 e. The Hall–Kier alpha value is -1.85. The van der Waals surface area contributed by atoms with Gasteiger partial charge >= 0.3 is 5.97 Å². The maximum absolute atomic E-state index is 12.1. The summed E-state index contributed by atoms with van der Waals surface area (Å²) in [5.74, 6) is -1.35. The predicted molar refractivity (Wildman–Crippen MR) is 73.0 cm³/mol. The lowest BCUT2D eigenvalue weighted by atomic mass is 9.85. The molecule has 1 aromatic rings. The zero-order valence-corrected chi connectivity index (χ0v) is 12.0. The topological polar surface area (TPSA) is 75.4 Å². The van der Waals surface area contributed by atoms with E-state index in [1.54, 1.807) is 15.8 Å². The highest BCUT2D eigenvalue weighted by molar-refractivity contribution is 5.81. The summed E-state index contributed by atoms with van der Waals surface area (Å²) < 4.78 is 1.76. The fraction of sp³-hybridized carbons (Fsp3) is 0.643. The molecule has 0 aliphatic carbocycles. The smallest absolute Gasteiger partial charge is 0.308 e. The van der Waals surface area contributed by atoms with Gasteiger partial charge in [-0.1, -0.05) is 6.92 Å². The van der Waals surface area contributed by atoms with E-state index in [0.717, 1.165) is 18.5 Å². The summed E-state index contributed by atoms with van der Waals surface area (Å²) in [6.07, 6.45) is 5.06. The summed E-state index contributed by atoms with van der Waals surface area (Å²) in [6.45, 7) is 5.28. The lowest BCUT2D eigenvalue weighted by Gasteiger charge is -2.39. The van der Waals surface area contributed by atoms with E-state index in [-0.39, 0.29) is 5.91 Å². The SMILES string of the molecule is CCCN1C(=O)CCC(C(=O)O)C1c1cnn(CC)c1. The van der Waals surface area contributed by atoms with E-state index in [1.807, 2.05) is 20.0 Å². The second-order valence-corrected chi connectivity index (χ2v) is 5.14. The number of carbonyl (C=O) groups excluding carboxylic acids is 1. The standard InChI is InChI=1S/C14H21N3O3/c1-3-7-17-12(18)6-5-11(14(19)20)13(17)10-8-15-16(4-2)9-10/h8-9,11,13H,3-7H2,1-2H3,(H,19,20). The highest BCUT2D eigenvalue weighted by Gasteiger charge is 2.40. The van der Waals surface area contributed by atoms with Gasteiger partial charge in [-0.25, -0.2) is 0 Å². The van der Waals surface area contributed by atoms with Crippen LogP contribution in [-0.4, -0.2) is 38.2 Å². The van der Waals surface area contributed by atoms with Crippen molar-refractivity contribution in [3.05, 3.63) is 18.0 Å². The molecular weight excluding hydrogens is 258 g/mol. The van der Waals surface area contributed by atoms with Gasteiger partial charge in [0.25, 0.3) is 0 Å². The van der Waals surface area contributed by atoms with E-state index in [0.29, 0.717) is 19.4 Å². The van der Waals surface area contributed by atoms with Crippen molar-refractivity contribution in [1.29, 1.82) is 0 Å². The minimum atomic E-state index is -0.840. The van der Waals surface area contributed by atoms with Crippen LogP contribution in [0.2, 0.25) is 0 Å². The number of piperidine rings is 1. The maximum Gasteiger partial charge on any atom is 0.308 e. The second-order valence-electron chi connectivity index (χ2n) is 5.14. The van der Waals surface area contributed by atoms with Gasteiger partial charge in [0.05, 0.1) is 18.2 Å². The Bertz CT molecular complexity index is 498. The Kier molecular flexibility index (Phi) is 4.42. The first-order valence-corrected chi connectivity index (χ1v) is 7.13. The van der Waals surface area contributed by atoms with Gasteiger partial charge < -0.3 is 10.0 Å². The third kappa shape index (κ3) is 2.69. The number of aryl methyl sites for hydroxylation is 1. The van der Waals surface area contributed by atoms with Crippen LogP contribution in [0.5, 0.6) is 0 Å². The molecule has 0 bridgehead atoms. The summed E-state index contributed by atoms with van der Waals surface area (Å²) >= 11 is 0. The van der Waals surface area contributed by atoms with Crippen LogP contribution in [-0.2, 0) is 16.1 Å². The molecule has 20 heavy (non-hydrogen) atoms. The van der Waals surface area contributed by atoms with Gasteiger partial charge in [-0.2, -0.15) is 5.10 Å². The lowest BCUT2D eigenvalue weighted by molar-refractivity contribution is -0.152. The molecule has 6 nitrogen and oxygen atoms in total. The van der Waals surface area contributed by atoms with Crippen molar-refractivity contribution in [2.75, 3.05) is 6.54 Å². The number of aliphatic carboxylic acids is 1. The molecule has 0 spiro atoms. The van der Waals surface area contributed by atoms with E-state index in [4.69, 9.17) is 0 Å². The van der Waals surface area contributed by atoms with E-state index < -0.39 is 17.9 Å². The molecule has 2 rings (SSSR count). The van der Waals surface area contributed by atoms with Crippen molar-refractivity contribution in [3.63, 3.8) is 0 Å². The summed E-state index contributed by atoms with van der Waals surface area (Å²) in [7, 11) is 0. The molecule has 1 amide bonds. The number of hydrogen-bond donors (Lipinski definition) is 1. The Morgan fingerprint density at radius 1 is 1.50 bits per heavy atom. The van der Waals surface area contributed by atoms with Crippen molar-refractivity contribution in [1.82, 2.24) is 14.7 Å². The quantitative estimate of drug-likeness (QED) is 0.889. The van der Waals surface area contributed by atoms with Crippen LogP contribution >= 0.6 is 0 Å². The molecule has 0 radical (unpaired) electrons.